The van der Waals surface area contributed by atoms with Gasteiger partial charge in [-0.1, -0.05) is 29.8 Å². The molecule has 0 radical (unpaired) electrons. The molecule has 0 unspecified atom stereocenters. The number of anilines is 1. The molecule has 0 amide bonds. The Balaban J connectivity index is 2.75. The lowest BCUT2D eigenvalue weighted by atomic mass is 10.3. The minimum Gasteiger partial charge on any atom is -0.357 e. The average molecular weight is 257 g/mol. The second kappa shape index (κ2) is 6.02. The van der Waals surface area contributed by atoms with Crippen LogP contribution in [0, 0.1) is 0 Å². The van der Waals surface area contributed by atoms with Crippen LogP contribution in [0.4, 0.5) is 5.82 Å². The topological polar surface area (TPSA) is 16.1 Å². The summed E-state index contributed by atoms with van der Waals surface area (Å²) in [5.41, 5.74) is 0. The van der Waals surface area contributed by atoms with Crippen molar-refractivity contribution in [2.24, 2.45) is 0 Å². The van der Waals surface area contributed by atoms with Crippen molar-refractivity contribution < 1.29 is 0 Å². The van der Waals surface area contributed by atoms with E-state index in [1.807, 2.05) is 12.3 Å². The molecule has 0 atom stereocenters. The van der Waals surface area contributed by atoms with Crippen molar-refractivity contribution in [1.82, 2.24) is 4.98 Å². The number of hydrogen-bond acceptors (Lipinski definition) is 2. The number of hydrogen-bond donors (Lipinski definition) is 0. The highest BCUT2D eigenvalue weighted by Crippen LogP contribution is 2.17. The summed E-state index contributed by atoms with van der Waals surface area (Å²) in [7, 11) is 0. The van der Waals surface area contributed by atoms with Gasteiger partial charge in [0.05, 0.1) is 0 Å². The quantitative estimate of drug-likeness (QED) is 0.802. The van der Waals surface area contributed by atoms with Gasteiger partial charge in [-0.25, -0.2) is 4.98 Å². The molecule has 1 aromatic rings. The van der Waals surface area contributed by atoms with E-state index in [9.17, 15) is 0 Å². The molecule has 0 saturated carbocycles. The molecular formula is C11H17BrN2. The van der Waals surface area contributed by atoms with Crippen molar-refractivity contribution in [2.75, 3.05) is 18.0 Å². The van der Waals surface area contributed by atoms with Crippen LogP contribution in [-0.4, -0.2) is 18.1 Å². The van der Waals surface area contributed by atoms with Crippen LogP contribution >= 0.6 is 15.9 Å². The first-order chi connectivity index (χ1) is 6.77. The molecule has 78 valence electrons. The third kappa shape index (κ3) is 3.29. The molecule has 2 nitrogen and oxygen atoms in total. The van der Waals surface area contributed by atoms with Crippen LogP contribution in [0.1, 0.15) is 26.7 Å². The maximum absolute atomic E-state index is 4.37. The third-order valence-corrected chi connectivity index (χ3v) is 2.51. The monoisotopic (exact) mass is 256 g/mol. The van der Waals surface area contributed by atoms with Gasteiger partial charge in [-0.3, -0.25) is 0 Å². The molecule has 0 aliphatic carbocycles. The highest BCUT2D eigenvalue weighted by atomic mass is 79.9. The molecule has 14 heavy (non-hydrogen) atoms. The van der Waals surface area contributed by atoms with Crippen LogP contribution in [0.15, 0.2) is 22.8 Å². The van der Waals surface area contributed by atoms with Gasteiger partial charge in [-0.2, -0.15) is 0 Å². The van der Waals surface area contributed by atoms with Gasteiger partial charge in [0, 0.05) is 23.8 Å². The van der Waals surface area contributed by atoms with Crippen LogP contribution in [0.25, 0.3) is 0 Å². The van der Waals surface area contributed by atoms with E-state index in [2.05, 4.69) is 45.7 Å². The summed E-state index contributed by atoms with van der Waals surface area (Å²) in [5, 5.41) is 0. The van der Waals surface area contributed by atoms with Crippen LogP contribution in [0.5, 0.6) is 0 Å². The van der Waals surface area contributed by atoms with Crippen LogP contribution < -0.4 is 4.90 Å². The predicted octanol–water partition coefficient (Wildman–Crippen LogP) is 3.47. The van der Waals surface area contributed by atoms with Gasteiger partial charge in [-0.05, 0) is 25.0 Å². The number of nitrogens with zero attached hydrogens (tertiary/aromatic N) is 2. The Morgan fingerprint density at radius 1 is 1.29 bits per heavy atom. The normalized spacial score (nSPS) is 10.2. The lowest BCUT2D eigenvalue weighted by molar-refractivity contribution is 0.734. The molecule has 3 heteroatoms. The lowest BCUT2D eigenvalue weighted by Gasteiger charge is -2.22. The zero-order chi connectivity index (χ0) is 10.4. The molecule has 0 aliphatic rings. The third-order valence-electron chi connectivity index (χ3n) is 2.02. The first-order valence-electron chi connectivity index (χ1n) is 5.14. The Morgan fingerprint density at radius 3 is 2.43 bits per heavy atom. The Labute approximate surface area is 94.5 Å². The zero-order valence-electron chi connectivity index (χ0n) is 8.83. The maximum Gasteiger partial charge on any atom is 0.129 e. The minimum atomic E-state index is 1.07. The van der Waals surface area contributed by atoms with E-state index in [4.69, 9.17) is 0 Å². The summed E-state index contributed by atoms with van der Waals surface area (Å²) in [6.07, 6.45) is 4.17. The van der Waals surface area contributed by atoms with Crippen molar-refractivity contribution in [3.63, 3.8) is 0 Å². The number of rotatable bonds is 5. The first kappa shape index (κ1) is 11.5. The Bertz CT molecular complexity index is 270. The number of halogens is 1. The first-order valence-corrected chi connectivity index (χ1v) is 5.93. The van der Waals surface area contributed by atoms with Gasteiger partial charge in [0.1, 0.15) is 5.82 Å². The van der Waals surface area contributed by atoms with E-state index >= 15 is 0 Å². The second-order valence-electron chi connectivity index (χ2n) is 3.32. The van der Waals surface area contributed by atoms with Gasteiger partial charge in [0.25, 0.3) is 0 Å². The van der Waals surface area contributed by atoms with E-state index in [-0.39, 0.29) is 0 Å². The van der Waals surface area contributed by atoms with Crippen molar-refractivity contribution in [3.05, 3.63) is 22.8 Å². The fourth-order valence-electron chi connectivity index (χ4n) is 1.45. The SMILES string of the molecule is CCCN(CCC)c1cc(Br)ccn1. The maximum atomic E-state index is 4.37. The summed E-state index contributed by atoms with van der Waals surface area (Å²) in [6, 6.07) is 4.03. The average Bonchev–Trinajstić information content (AvgIpc) is 2.17. The second-order valence-corrected chi connectivity index (χ2v) is 4.23. The van der Waals surface area contributed by atoms with E-state index in [0.29, 0.717) is 0 Å². The highest BCUT2D eigenvalue weighted by Gasteiger charge is 2.05. The Morgan fingerprint density at radius 2 is 1.93 bits per heavy atom. The Hall–Kier alpha value is -0.570. The largest absolute Gasteiger partial charge is 0.357 e. The smallest absolute Gasteiger partial charge is 0.129 e. The van der Waals surface area contributed by atoms with Crippen molar-refractivity contribution in [3.8, 4) is 0 Å². The number of aromatic nitrogens is 1. The molecule has 0 aliphatic heterocycles. The van der Waals surface area contributed by atoms with Crippen molar-refractivity contribution in [2.45, 2.75) is 26.7 Å². The molecule has 1 rings (SSSR count). The summed E-state index contributed by atoms with van der Waals surface area (Å²) in [4.78, 5) is 6.70. The molecule has 0 fully saturated rings. The molecular weight excluding hydrogens is 240 g/mol. The molecule has 0 N–H and O–H groups in total. The summed E-state index contributed by atoms with van der Waals surface area (Å²) >= 11 is 3.47. The van der Waals surface area contributed by atoms with Gasteiger partial charge in [0.2, 0.25) is 0 Å². The fourth-order valence-corrected chi connectivity index (χ4v) is 1.77. The molecule has 0 bridgehead atoms. The van der Waals surface area contributed by atoms with E-state index < -0.39 is 0 Å². The van der Waals surface area contributed by atoms with Gasteiger partial charge >= 0.3 is 0 Å². The summed E-state index contributed by atoms with van der Waals surface area (Å²) in [5.74, 6) is 1.07. The van der Waals surface area contributed by atoms with E-state index in [0.717, 1.165) is 36.2 Å². The van der Waals surface area contributed by atoms with E-state index in [1.54, 1.807) is 0 Å². The van der Waals surface area contributed by atoms with Gasteiger partial charge in [0.15, 0.2) is 0 Å². The molecule has 1 heterocycles. The molecule has 1 aromatic heterocycles. The Kier molecular flexibility index (Phi) is 4.94. The van der Waals surface area contributed by atoms with Gasteiger partial charge < -0.3 is 4.90 Å². The standard InChI is InChI=1S/C11H17BrN2/c1-3-7-14(8-4-2)11-9-10(12)5-6-13-11/h5-6,9H,3-4,7-8H2,1-2H3. The molecule has 0 aromatic carbocycles. The van der Waals surface area contributed by atoms with Crippen molar-refractivity contribution in [1.29, 1.82) is 0 Å². The minimum absolute atomic E-state index is 1.07. The van der Waals surface area contributed by atoms with Crippen LogP contribution in [0.2, 0.25) is 0 Å². The fraction of sp³-hybridized carbons (Fsp3) is 0.545. The number of pyridine rings is 1. The van der Waals surface area contributed by atoms with E-state index in [1.165, 1.54) is 0 Å². The zero-order valence-corrected chi connectivity index (χ0v) is 10.4. The summed E-state index contributed by atoms with van der Waals surface area (Å²) < 4.78 is 1.10. The van der Waals surface area contributed by atoms with Crippen molar-refractivity contribution >= 4 is 21.7 Å². The molecule has 0 saturated heterocycles. The highest BCUT2D eigenvalue weighted by molar-refractivity contribution is 9.10. The predicted molar refractivity (Wildman–Crippen MR) is 64.7 cm³/mol. The lowest BCUT2D eigenvalue weighted by Crippen LogP contribution is -2.25. The van der Waals surface area contributed by atoms with Crippen LogP contribution in [-0.2, 0) is 0 Å². The van der Waals surface area contributed by atoms with Gasteiger partial charge in [-0.15, -0.1) is 0 Å². The molecule has 0 spiro atoms. The summed E-state index contributed by atoms with van der Waals surface area (Å²) in [6.45, 7) is 6.55. The van der Waals surface area contributed by atoms with Crippen LogP contribution in [0.3, 0.4) is 0 Å².